The third kappa shape index (κ3) is 5.95. The fourth-order valence-corrected chi connectivity index (χ4v) is 10.6. The molecule has 0 aliphatic heterocycles. The van der Waals surface area contributed by atoms with Gasteiger partial charge in [-0.2, -0.15) is 0 Å². The van der Waals surface area contributed by atoms with E-state index in [0.29, 0.717) is 17.5 Å². The van der Waals surface area contributed by atoms with Crippen LogP contribution in [-0.2, 0) is 5.41 Å². The highest BCUT2D eigenvalue weighted by Crippen LogP contribution is 2.53. The summed E-state index contributed by atoms with van der Waals surface area (Å²) in [6.07, 6.45) is 0. The first-order valence-corrected chi connectivity index (χ1v) is 22.7. The van der Waals surface area contributed by atoms with Crippen LogP contribution in [0.3, 0.4) is 0 Å². The monoisotopic (exact) mass is 842 g/mol. The number of rotatable bonds is 6. The predicted molar refractivity (Wildman–Crippen MR) is 274 cm³/mol. The zero-order valence-corrected chi connectivity index (χ0v) is 36.6. The van der Waals surface area contributed by atoms with Crippen molar-refractivity contribution in [3.05, 3.63) is 230 Å². The molecule has 0 saturated heterocycles. The van der Waals surface area contributed by atoms with Crippen LogP contribution in [0.5, 0.6) is 0 Å². The first-order valence-electron chi connectivity index (χ1n) is 22.7. The van der Waals surface area contributed by atoms with E-state index in [-0.39, 0.29) is 5.41 Å². The molecule has 10 aromatic carbocycles. The van der Waals surface area contributed by atoms with Crippen LogP contribution in [0.25, 0.3) is 117 Å². The minimum Gasteiger partial charge on any atom is -0.309 e. The van der Waals surface area contributed by atoms with E-state index in [9.17, 15) is 0 Å². The van der Waals surface area contributed by atoms with Crippen LogP contribution >= 0.6 is 0 Å². The summed E-state index contributed by atoms with van der Waals surface area (Å²) in [4.78, 5) is 15.4. The Balaban J connectivity index is 1.01. The average molecular weight is 843 g/mol. The first kappa shape index (κ1) is 38.0. The molecule has 4 nitrogen and oxygen atoms in total. The van der Waals surface area contributed by atoms with Crippen molar-refractivity contribution in [3.8, 4) is 73.2 Å². The number of benzene rings is 10. The lowest BCUT2D eigenvalue weighted by Crippen LogP contribution is -2.15. The highest BCUT2D eigenvalue weighted by Gasteiger charge is 2.37. The Labute approximate surface area is 383 Å². The molecule has 66 heavy (non-hydrogen) atoms. The zero-order chi connectivity index (χ0) is 43.9. The lowest BCUT2D eigenvalue weighted by molar-refractivity contribution is 0.661. The van der Waals surface area contributed by atoms with Gasteiger partial charge in [0.2, 0.25) is 0 Å². The molecule has 2 aromatic heterocycles. The Morgan fingerprint density at radius 1 is 0.364 bits per heavy atom. The molecular formula is C62H42N4. The largest absolute Gasteiger partial charge is 0.309 e. The average Bonchev–Trinajstić information content (AvgIpc) is 3.85. The van der Waals surface area contributed by atoms with Crippen LogP contribution in [0.15, 0.2) is 218 Å². The van der Waals surface area contributed by atoms with Gasteiger partial charge < -0.3 is 4.57 Å². The molecule has 0 N–H and O–H groups in total. The van der Waals surface area contributed by atoms with Gasteiger partial charge in [0.05, 0.1) is 11.0 Å². The molecule has 0 amide bonds. The van der Waals surface area contributed by atoms with Crippen molar-refractivity contribution in [3.63, 3.8) is 0 Å². The second-order valence-corrected chi connectivity index (χ2v) is 18.0. The van der Waals surface area contributed by atoms with Gasteiger partial charge in [-0.15, -0.1) is 0 Å². The number of aromatic nitrogens is 4. The Bertz CT molecular complexity index is 3880. The predicted octanol–water partition coefficient (Wildman–Crippen LogP) is 15.9. The van der Waals surface area contributed by atoms with Crippen molar-refractivity contribution >= 4 is 43.4 Å². The Morgan fingerprint density at radius 2 is 0.909 bits per heavy atom. The van der Waals surface area contributed by atoms with Gasteiger partial charge >= 0.3 is 0 Å². The summed E-state index contributed by atoms with van der Waals surface area (Å²) in [7, 11) is 0. The second-order valence-electron chi connectivity index (χ2n) is 18.0. The van der Waals surface area contributed by atoms with E-state index in [1.807, 2.05) is 24.3 Å². The molecule has 0 radical (unpaired) electrons. The maximum absolute atomic E-state index is 5.21. The molecule has 1 aliphatic carbocycles. The lowest BCUT2D eigenvalue weighted by Gasteiger charge is -2.22. The second kappa shape index (κ2) is 14.8. The van der Waals surface area contributed by atoms with E-state index in [0.717, 1.165) is 33.5 Å². The topological polar surface area (TPSA) is 43.6 Å². The standard InChI is InChI=1S/C62H42N4/c1-62(2)53-35-32-41-17-9-11-23-48(41)56(53)51-34-31-45(38-54(51)62)50-25-14-26-52-57-49-24-12-10-18-42(49)33-36-55(57)66(58(50)52)47-22-13-21-46(37-47)61-64-59(43-19-7-4-8-20-43)63-60(65-61)44-29-27-40(28-30-44)39-15-5-3-6-16-39/h3-38H,1-2H3. The first-order chi connectivity index (χ1) is 32.5. The van der Waals surface area contributed by atoms with Crippen LogP contribution in [0, 0.1) is 0 Å². The molecule has 13 rings (SSSR count). The van der Waals surface area contributed by atoms with Gasteiger partial charge in [0.1, 0.15) is 0 Å². The maximum Gasteiger partial charge on any atom is 0.164 e. The lowest BCUT2D eigenvalue weighted by atomic mass is 9.81. The van der Waals surface area contributed by atoms with Crippen LogP contribution in [0.1, 0.15) is 25.0 Å². The smallest absolute Gasteiger partial charge is 0.164 e. The summed E-state index contributed by atoms with van der Waals surface area (Å²) in [5.41, 5.74) is 16.1. The normalized spacial score (nSPS) is 12.8. The van der Waals surface area contributed by atoms with Crippen LogP contribution in [-0.4, -0.2) is 19.5 Å². The van der Waals surface area contributed by atoms with Crippen molar-refractivity contribution < 1.29 is 0 Å². The fraction of sp³-hybridized carbons (Fsp3) is 0.0484. The van der Waals surface area contributed by atoms with Crippen molar-refractivity contribution in [2.75, 3.05) is 0 Å². The maximum atomic E-state index is 5.21. The van der Waals surface area contributed by atoms with Crippen LogP contribution in [0.2, 0.25) is 0 Å². The number of fused-ring (bicyclic) bond motifs is 10. The molecule has 0 atom stereocenters. The van der Waals surface area contributed by atoms with E-state index >= 15 is 0 Å². The summed E-state index contributed by atoms with van der Waals surface area (Å²) < 4.78 is 2.46. The van der Waals surface area contributed by atoms with E-state index in [4.69, 9.17) is 15.0 Å². The van der Waals surface area contributed by atoms with Crippen LogP contribution in [0.4, 0.5) is 0 Å². The van der Waals surface area contributed by atoms with Gasteiger partial charge in [0.25, 0.3) is 0 Å². The molecule has 0 bridgehead atoms. The molecule has 12 aromatic rings. The van der Waals surface area contributed by atoms with Crippen molar-refractivity contribution in [2.45, 2.75) is 19.3 Å². The molecule has 0 fully saturated rings. The third-order valence-electron chi connectivity index (χ3n) is 13.8. The molecule has 0 spiro atoms. The van der Waals surface area contributed by atoms with Gasteiger partial charge in [-0.05, 0) is 84.8 Å². The summed E-state index contributed by atoms with van der Waals surface area (Å²) >= 11 is 0. The summed E-state index contributed by atoms with van der Waals surface area (Å²) in [6.45, 7) is 4.75. The minimum atomic E-state index is -0.165. The Hall–Kier alpha value is -8.47. The van der Waals surface area contributed by atoms with Crippen molar-refractivity contribution in [2.24, 2.45) is 0 Å². The fourth-order valence-electron chi connectivity index (χ4n) is 10.6. The number of nitrogens with zero attached hydrogens (tertiary/aromatic N) is 4. The summed E-state index contributed by atoms with van der Waals surface area (Å²) in [5.74, 6) is 1.88. The highest BCUT2D eigenvalue weighted by molar-refractivity contribution is 6.23. The van der Waals surface area contributed by atoms with E-state index in [1.165, 1.54) is 76.8 Å². The van der Waals surface area contributed by atoms with E-state index < -0.39 is 0 Å². The van der Waals surface area contributed by atoms with Gasteiger partial charge in [-0.25, -0.2) is 15.0 Å². The molecule has 0 unspecified atom stereocenters. The highest BCUT2D eigenvalue weighted by atomic mass is 15.0. The van der Waals surface area contributed by atoms with Gasteiger partial charge in [0, 0.05) is 44.1 Å². The molecule has 4 heteroatoms. The number of hydrogen-bond donors (Lipinski definition) is 0. The quantitative estimate of drug-likeness (QED) is 0.167. The minimum absolute atomic E-state index is 0.165. The van der Waals surface area contributed by atoms with Crippen molar-refractivity contribution in [1.82, 2.24) is 19.5 Å². The molecule has 310 valence electrons. The molecule has 0 saturated carbocycles. The molecule has 2 heterocycles. The Kier molecular flexibility index (Phi) is 8.53. The third-order valence-corrected chi connectivity index (χ3v) is 13.8. The van der Waals surface area contributed by atoms with E-state index in [1.54, 1.807) is 0 Å². The van der Waals surface area contributed by atoms with E-state index in [2.05, 4.69) is 213 Å². The molecular weight excluding hydrogens is 801 g/mol. The molecule has 1 aliphatic rings. The summed E-state index contributed by atoms with van der Waals surface area (Å²) in [5, 5.41) is 7.49. The van der Waals surface area contributed by atoms with Gasteiger partial charge in [-0.3, -0.25) is 0 Å². The zero-order valence-electron chi connectivity index (χ0n) is 36.6. The number of para-hydroxylation sites is 1. The van der Waals surface area contributed by atoms with Gasteiger partial charge in [0.15, 0.2) is 17.5 Å². The van der Waals surface area contributed by atoms with Crippen molar-refractivity contribution in [1.29, 1.82) is 0 Å². The van der Waals surface area contributed by atoms with Gasteiger partial charge in [-0.1, -0.05) is 208 Å². The Morgan fingerprint density at radius 3 is 1.67 bits per heavy atom. The summed E-state index contributed by atoms with van der Waals surface area (Å²) in [6, 6.07) is 78.5. The number of hydrogen-bond acceptors (Lipinski definition) is 3. The SMILES string of the molecule is CC1(C)c2cc(-c3cccc4c5c6ccccc6ccc5n(-c5cccc(-c6nc(-c7ccccc7)nc(-c7ccc(-c8ccccc8)cc7)n6)c5)c34)ccc2-c2c1ccc1ccccc21. The van der Waals surface area contributed by atoms with Crippen LogP contribution < -0.4 is 0 Å².